The minimum atomic E-state index is -0.579. The van der Waals surface area contributed by atoms with Gasteiger partial charge in [-0.2, -0.15) is 0 Å². The average Bonchev–Trinajstić information content (AvgIpc) is 2.62. The molecule has 5 heteroatoms. The van der Waals surface area contributed by atoms with Crippen molar-refractivity contribution in [3.8, 4) is 0 Å². The number of unbranched alkanes of at least 4 members (excludes halogenated alkanes) is 12. The number of primary amides is 1. The van der Waals surface area contributed by atoms with Gasteiger partial charge in [-0.25, -0.2) is 4.79 Å². The topological polar surface area (TPSA) is 81.4 Å². The summed E-state index contributed by atoms with van der Waals surface area (Å²) in [5.41, 5.74) is 4.92. The number of alkyl carbamates (subject to hydrolysis) is 1. The number of carbonyl (C=O) groups excluding carboxylic acids is 2. The lowest BCUT2D eigenvalue weighted by atomic mass is 10.1. The lowest BCUT2D eigenvalue weighted by Gasteiger charge is -2.04. The molecule has 2 amide bonds. The Balaban J connectivity index is 3.19. The van der Waals surface area contributed by atoms with E-state index in [1.54, 1.807) is 0 Å². The molecule has 152 valence electrons. The minimum absolute atomic E-state index is 0.178. The van der Waals surface area contributed by atoms with Crippen molar-refractivity contribution < 1.29 is 14.3 Å². The van der Waals surface area contributed by atoms with Crippen LogP contribution < -0.4 is 11.1 Å². The molecule has 0 unspecified atom stereocenters. The smallest absolute Gasteiger partial charge is 0.407 e. The van der Waals surface area contributed by atoms with Gasteiger partial charge in [0, 0.05) is 0 Å². The number of ether oxygens (including phenoxy) is 1. The van der Waals surface area contributed by atoms with E-state index in [1.807, 2.05) is 0 Å². The Morgan fingerprint density at radius 1 is 0.808 bits per heavy atom. The lowest BCUT2D eigenvalue weighted by Crippen LogP contribution is -2.33. The third kappa shape index (κ3) is 20.5. The minimum Gasteiger partial charge on any atom is -0.450 e. The summed E-state index contributed by atoms with van der Waals surface area (Å²) in [4.78, 5) is 21.6. The molecular weight excluding hydrogens is 328 g/mol. The van der Waals surface area contributed by atoms with Gasteiger partial charge in [-0.3, -0.25) is 4.79 Å². The monoisotopic (exact) mass is 368 g/mol. The SMILES string of the molecule is CCCCCCCCCCC/C=C\CCCCCOC(=O)NCC(N)=O. The van der Waals surface area contributed by atoms with E-state index in [4.69, 9.17) is 10.5 Å². The number of nitrogens with two attached hydrogens (primary N) is 1. The second-order valence-electron chi connectivity index (χ2n) is 6.89. The zero-order valence-electron chi connectivity index (χ0n) is 16.8. The van der Waals surface area contributed by atoms with Crippen LogP contribution in [0, 0.1) is 0 Å². The third-order valence-corrected chi connectivity index (χ3v) is 4.30. The standard InChI is InChI=1S/C21H40N2O3/c1-2-3-4-5-6-7-8-9-10-11-12-13-14-15-16-17-18-26-21(25)23-19-20(22)24/h12-13H,2-11,14-19H2,1H3,(H2,22,24)(H,23,25)/b13-12-. The summed E-state index contributed by atoms with van der Waals surface area (Å²) >= 11 is 0. The van der Waals surface area contributed by atoms with Crippen LogP contribution in [0.1, 0.15) is 96.8 Å². The van der Waals surface area contributed by atoms with E-state index in [1.165, 1.54) is 64.2 Å². The van der Waals surface area contributed by atoms with Crippen LogP contribution in [0.15, 0.2) is 12.2 Å². The molecule has 0 aromatic rings. The zero-order chi connectivity index (χ0) is 19.3. The summed E-state index contributed by atoms with van der Waals surface area (Å²) < 4.78 is 4.94. The van der Waals surface area contributed by atoms with Crippen LogP contribution in [-0.2, 0) is 9.53 Å². The maximum atomic E-state index is 11.2. The Morgan fingerprint density at radius 2 is 1.31 bits per heavy atom. The number of nitrogens with one attached hydrogen (secondary N) is 1. The normalized spacial score (nSPS) is 11.0. The van der Waals surface area contributed by atoms with Crippen LogP contribution in [-0.4, -0.2) is 25.2 Å². The van der Waals surface area contributed by atoms with Gasteiger partial charge in [-0.15, -0.1) is 0 Å². The van der Waals surface area contributed by atoms with Crippen molar-refractivity contribution in [1.82, 2.24) is 5.32 Å². The highest BCUT2D eigenvalue weighted by molar-refractivity contribution is 5.80. The number of rotatable bonds is 18. The number of hydrogen-bond acceptors (Lipinski definition) is 3. The molecule has 0 atom stereocenters. The molecule has 5 nitrogen and oxygen atoms in total. The van der Waals surface area contributed by atoms with E-state index < -0.39 is 12.0 Å². The molecule has 0 rings (SSSR count). The number of amides is 2. The Hall–Kier alpha value is -1.52. The number of allylic oxidation sites excluding steroid dienone is 2. The molecule has 0 saturated carbocycles. The first kappa shape index (κ1) is 24.5. The molecule has 0 saturated heterocycles. The van der Waals surface area contributed by atoms with Crippen molar-refractivity contribution >= 4 is 12.0 Å². The molecule has 0 heterocycles. The molecule has 3 N–H and O–H groups in total. The van der Waals surface area contributed by atoms with Gasteiger partial charge in [0.05, 0.1) is 13.2 Å². The summed E-state index contributed by atoms with van der Waals surface area (Å²) in [6.45, 7) is 2.47. The predicted octanol–water partition coefficient (Wildman–Crippen LogP) is 5.24. The van der Waals surface area contributed by atoms with Crippen LogP contribution in [0.3, 0.4) is 0 Å². The second-order valence-corrected chi connectivity index (χ2v) is 6.89. The van der Waals surface area contributed by atoms with E-state index in [2.05, 4.69) is 24.4 Å². The second kappa shape index (κ2) is 19.8. The van der Waals surface area contributed by atoms with Crippen molar-refractivity contribution in [2.75, 3.05) is 13.2 Å². The fraction of sp³-hybridized carbons (Fsp3) is 0.810. The van der Waals surface area contributed by atoms with Gasteiger partial charge in [0.1, 0.15) is 0 Å². The van der Waals surface area contributed by atoms with E-state index in [9.17, 15) is 9.59 Å². The molecule has 0 aliphatic heterocycles. The van der Waals surface area contributed by atoms with Crippen molar-refractivity contribution in [3.63, 3.8) is 0 Å². The van der Waals surface area contributed by atoms with Crippen molar-refractivity contribution in [2.24, 2.45) is 5.73 Å². The van der Waals surface area contributed by atoms with Gasteiger partial charge < -0.3 is 15.8 Å². The first-order chi connectivity index (χ1) is 12.7. The first-order valence-electron chi connectivity index (χ1n) is 10.5. The van der Waals surface area contributed by atoms with E-state index in [0.29, 0.717) is 6.61 Å². The van der Waals surface area contributed by atoms with E-state index in [0.717, 1.165) is 25.7 Å². The van der Waals surface area contributed by atoms with Crippen LogP contribution in [0.2, 0.25) is 0 Å². The van der Waals surface area contributed by atoms with Crippen LogP contribution in [0.4, 0.5) is 4.79 Å². The summed E-state index contributed by atoms with van der Waals surface area (Å²) in [6.07, 6.45) is 21.7. The lowest BCUT2D eigenvalue weighted by molar-refractivity contribution is -0.117. The fourth-order valence-electron chi connectivity index (χ4n) is 2.72. The summed E-state index contributed by atoms with van der Waals surface area (Å²) in [5, 5.41) is 2.29. The van der Waals surface area contributed by atoms with Crippen LogP contribution in [0.25, 0.3) is 0 Å². The maximum absolute atomic E-state index is 11.2. The van der Waals surface area contributed by atoms with Gasteiger partial charge in [0.25, 0.3) is 0 Å². The van der Waals surface area contributed by atoms with Gasteiger partial charge in [-0.05, 0) is 38.5 Å². The van der Waals surface area contributed by atoms with Crippen LogP contribution in [0.5, 0.6) is 0 Å². The molecule has 26 heavy (non-hydrogen) atoms. The Kier molecular flexibility index (Phi) is 18.6. The van der Waals surface area contributed by atoms with Crippen molar-refractivity contribution in [2.45, 2.75) is 96.8 Å². The largest absolute Gasteiger partial charge is 0.450 e. The van der Waals surface area contributed by atoms with E-state index >= 15 is 0 Å². The summed E-state index contributed by atoms with van der Waals surface area (Å²) in [6, 6.07) is 0. The molecular formula is C21H40N2O3. The van der Waals surface area contributed by atoms with Crippen molar-refractivity contribution in [1.29, 1.82) is 0 Å². The zero-order valence-corrected chi connectivity index (χ0v) is 16.8. The highest BCUT2D eigenvalue weighted by Crippen LogP contribution is 2.11. The Bertz CT molecular complexity index is 370. The molecule has 0 radical (unpaired) electrons. The molecule has 0 spiro atoms. The van der Waals surface area contributed by atoms with Gasteiger partial charge >= 0.3 is 6.09 Å². The van der Waals surface area contributed by atoms with Gasteiger partial charge in [0.15, 0.2) is 0 Å². The Morgan fingerprint density at radius 3 is 1.85 bits per heavy atom. The first-order valence-corrected chi connectivity index (χ1v) is 10.5. The molecule has 0 aromatic heterocycles. The molecule has 0 aromatic carbocycles. The highest BCUT2D eigenvalue weighted by atomic mass is 16.5. The van der Waals surface area contributed by atoms with Gasteiger partial charge in [-0.1, -0.05) is 70.4 Å². The van der Waals surface area contributed by atoms with Gasteiger partial charge in [0.2, 0.25) is 5.91 Å². The number of carbonyl (C=O) groups is 2. The highest BCUT2D eigenvalue weighted by Gasteiger charge is 2.02. The molecule has 0 fully saturated rings. The average molecular weight is 369 g/mol. The third-order valence-electron chi connectivity index (χ3n) is 4.30. The summed E-state index contributed by atoms with van der Waals surface area (Å²) in [7, 11) is 0. The van der Waals surface area contributed by atoms with Crippen LogP contribution >= 0.6 is 0 Å². The maximum Gasteiger partial charge on any atom is 0.407 e. The molecule has 0 aliphatic rings. The molecule has 0 bridgehead atoms. The summed E-state index contributed by atoms with van der Waals surface area (Å²) in [5.74, 6) is -0.573. The predicted molar refractivity (Wildman–Crippen MR) is 108 cm³/mol. The molecule has 0 aliphatic carbocycles. The Labute approximate surface area is 160 Å². The number of hydrogen-bond donors (Lipinski definition) is 2. The fourth-order valence-corrected chi connectivity index (χ4v) is 2.72. The quantitative estimate of drug-likeness (QED) is 0.256. The van der Waals surface area contributed by atoms with Crippen molar-refractivity contribution in [3.05, 3.63) is 12.2 Å². The van der Waals surface area contributed by atoms with E-state index in [-0.39, 0.29) is 6.54 Å².